The molecule has 116 valence electrons. The molecule has 1 aliphatic heterocycles. The molecule has 0 atom stereocenters. The quantitative estimate of drug-likeness (QED) is 0.832. The monoisotopic (exact) mass is 297 g/mol. The number of nitrogens with zero attached hydrogens (tertiary/aromatic N) is 2. The molecular formula is C18H23N3O. The Morgan fingerprint density at radius 2 is 1.82 bits per heavy atom. The minimum atomic E-state index is 0.871. The molecule has 0 saturated carbocycles. The van der Waals surface area contributed by atoms with Gasteiger partial charge in [-0.1, -0.05) is 30.3 Å². The van der Waals surface area contributed by atoms with Crippen LogP contribution in [-0.4, -0.2) is 49.3 Å². The van der Waals surface area contributed by atoms with Gasteiger partial charge >= 0.3 is 0 Å². The summed E-state index contributed by atoms with van der Waals surface area (Å²) in [6, 6.07) is 14.5. The lowest BCUT2D eigenvalue weighted by Crippen LogP contribution is -2.37. The highest BCUT2D eigenvalue weighted by molar-refractivity contribution is 5.63. The van der Waals surface area contributed by atoms with Gasteiger partial charge in [0.2, 0.25) is 0 Å². The summed E-state index contributed by atoms with van der Waals surface area (Å²) < 4.78 is 5.36. The van der Waals surface area contributed by atoms with Crippen LogP contribution in [0.1, 0.15) is 6.42 Å². The first-order chi connectivity index (χ1) is 10.9. The number of aromatic nitrogens is 1. The van der Waals surface area contributed by atoms with E-state index in [9.17, 15) is 0 Å². The average Bonchev–Trinajstić information content (AvgIpc) is 2.61. The number of morpholine rings is 1. The molecule has 0 amide bonds. The molecule has 1 aromatic heterocycles. The fourth-order valence-corrected chi connectivity index (χ4v) is 2.64. The highest BCUT2D eigenvalue weighted by Gasteiger charge is 2.09. The molecule has 1 saturated heterocycles. The number of ether oxygens (including phenoxy) is 1. The van der Waals surface area contributed by atoms with Gasteiger partial charge < -0.3 is 10.1 Å². The number of benzene rings is 1. The van der Waals surface area contributed by atoms with E-state index in [4.69, 9.17) is 4.74 Å². The van der Waals surface area contributed by atoms with Crippen molar-refractivity contribution in [2.45, 2.75) is 6.42 Å². The molecular weight excluding hydrogens is 274 g/mol. The van der Waals surface area contributed by atoms with Crippen molar-refractivity contribution in [1.82, 2.24) is 9.88 Å². The van der Waals surface area contributed by atoms with Gasteiger partial charge in [-0.3, -0.25) is 4.90 Å². The molecule has 0 spiro atoms. The smallest absolute Gasteiger partial charge is 0.125 e. The number of nitrogens with one attached hydrogen (secondary N) is 1. The van der Waals surface area contributed by atoms with Crippen LogP contribution in [0.25, 0.3) is 11.1 Å². The average molecular weight is 297 g/mol. The Labute approximate surface area is 132 Å². The fraction of sp³-hybridized carbons (Fsp3) is 0.389. The van der Waals surface area contributed by atoms with Gasteiger partial charge in [0.15, 0.2) is 0 Å². The minimum absolute atomic E-state index is 0.871. The number of rotatable bonds is 6. The topological polar surface area (TPSA) is 37.4 Å². The number of anilines is 1. The van der Waals surface area contributed by atoms with Gasteiger partial charge in [0.25, 0.3) is 0 Å². The first kappa shape index (κ1) is 15.0. The van der Waals surface area contributed by atoms with E-state index in [1.807, 2.05) is 24.4 Å². The Morgan fingerprint density at radius 3 is 2.55 bits per heavy atom. The third-order valence-corrected chi connectivity index (χ3v) is 3.93. The van der Waals surface area contributed by atoms with Gasteiger partial charge in [0.05, 0.1) is 13.2 Å². The molecule has 1 aliphatic rings. The van der Waals surface area contributed by atoms with Crippen molar-refractivity contribution >= 4 is 5.82 Å². The first-order valence-electron chi connectivity index (χ1n) is 7.97. The van der Waals surface area contributed by atoms with Crippen LogP contribution < -0.4 is 5.32 Å². The zero-order valence-electron chi connectivity index (χ0n) is 12.9. The zero-order valence-corrected chi connectivity index (χ0v) is 12.9. The Hall–Kier alpha value is -1.91. The molecule has 1 N–H and O–H groups in total. The second kappa shape index (κ2) is 7.92. The molecule has 1 aromatic carbocycles. The summed E-state index contributed by atoms with van der Waals surface area (Å²) in [6.45, 7) is 5.94. The third kappa shape index (κ3) is 4.29. The van der Waals surface area contributed by atoms with Crippen molar-refractivity contribution < 1.29 is 4.74 Å². The van der Waals surface area contributed by atoms with Crippen molar-refractivity contribution in [3.63, 3.8) is 0 Å². The van der Waals surface area contributed by atoms with Crippen LogP contribution in [0.5, 0.6) is 0 Å². The van der Waals surface area contributed by atoms with Gasteiger partial charge in [-0.2, -0.15) is 0 Å². The van der Waals surface area contributed by atoms with E-state index in [1.54, 1.807) is 0 Å². The van der Waals surface area contributed by atoms with Crippen molar-refractivity contribution in [3.05, 3.63) is 48.7 Å². The Balaban J connectivity index is 1.43. The third-order valence-electron chi connectivity index (χ3n) is 3.93. The predicted molar refractivity (Wildman–Crippen MR) is 90.0 cm³/mol. The molecule has 4 nitrogen and oxygen atoms in total. The van der Waals surface area contributed by atoms with E-state index in [-0.39, 0.29) is 0 Å². The Morgan fingerprint density at radius 1 is 1.00 bits per heavy atom. The van der Waals surface area contributed by atoms with E-state index in [0.29, 0.717) is 0 Å². The van der Waals surface area contributed by atoms with Crippen LogP contribution in [-0.2, 0) is 4.74 Å². The number of hydrogen-bond donors (Lipinski definition) is 1. The lowest BCUT2D eigenvalue weighted by molar-refractivity contribution is 0.0378. The summed E-state index contributed by atoms with van der Waals surface area (Å²) in [7, 11) is 0. The summed E-state index contributed by atoms with van der Waals surface area (Å²) in [5.41, 5.74) is 2.35. The van der Waals surface area contributed by atoms with Crippen LogP contribution in [0, 0.1) is 0 Å². The number of hydrogen-bond acceptors (Lipinski definition) is 4. The van der Waals surface area contributed by atoms with Gasteiger partial charge in [-0.25, -0.2) is 4.98 Å². The van der Waals surface area contributed by atoms with Gasteiger partial charge in [0, 0.05) is 31.4 Å². The minimum Gasteiger partial charge on any atom is -0.379 e. The molecule has 0 radical (unpaired) electrons. The molecule has 3 rings (SSSR count). The van der Waals surface area contributed by atoms with Gasteiger partial charge in [-0.05, 0) is 30.7 Å². The van der Waals surface area contributed by atoms with Crippen LogP contribution in [0.4, 0.5) is 5.82 Å². The second-order valence-corrected chi connectivity index (χ2v) is 5.53. The molecule has 2 heterocycles. The van der Waals surface area contributed by atoms with Gasteiger partial charge in [0.1, 0.15) is 5.82 Å². The van der Waals surface area contributed by atoms with Crippen LogP contribution in [0.3, 0.4) is 0 Å². The Bertz CT molecular complexity index is 550. The summed E-state index contributed by atoms with van der Waals surface area (Å²) in [5.74, 6) is 0.946. The molecule has 22 heavy (non-hydrogen) atoms. The largest absolute Gasteiger partial charge is 0.379 e. The maximum atomic E-state index is 5.36. The highest BCUT2D eigenvalue weighted by Crippen LogP contribution is 2.18. The predicted octanol–water partition coefficient (Wildman–Crippen LogP) is 2.88. The molecule has 2 aromatic rings. The van der Waals surface area contributed by atoms with Crippen LogP contribution in [0.2, 0.25) is 0 Å². The second-order valence-electron chi connectivity index (χ2n) is 5.53. The summed E-state index contributed by atoms with van der Waals surface area (Å²) in [6.07, 6.45) is 3.06. The molecule has 0 bridgehead atoms. The van der Waals surface area contributed by atoms with Gasteiger partial charge in [-0.15, -0.1) is 0 Å². The van der Waals surface area contributed by atoms with E-state index in [1.165, 1.54) is 5.56 Å². The Kier molecular flexibility index (Phi) is 5.40. The first-order valence-corrected chi connectivity index (χ1v) is 7.97. The molecule has 4 heteroatoms. The summed E-state index contributed by atoms with van der Waals surface area (Å²) in [4.78, 5) is 6.95. The molecule has 0 unspecified atom stereocenters. The maximum Gasteiger partial charge on any atom is 0.125 e. The standard InChI is InChI=1S/C18H23N3O/c1-2-5-16(6-3-1)17-7-8-18(20-15-17)19-9-4-10-21-11-13-22-14-12-21/h1-3,5-8,15H,4,9-14H2,(H,19,20). The van der Waals surface area contributed by atoms with E-state index in [0.717, 1.165) is 57.2 Å². The summed E-state index contributed by atoms with van der Waals surface area (Å²) >= 11 is 0. The lowest BCUT2D eigenvalue weighted by atomic mass is 10.1. The van der Waals surface area contributed by atoms with Crippen LogP contribution >= 0.6 is 0 Å². The van der Waals surface area contributed by atoms with Crippen molar-refractivity contribution in [3.8, 4) is 11.1 Å². The zero-order chi connectivity index (χ0) is 15.0. The van der Waals surface area contributed by atoms with Crippen molar-refractivity contribution in [2.75, 3.05) is 44.7 Å². The van der Waals surface area contributed by atoms with E-state index < -0.39 is 0 Å². The highest BCUT2D eigenvalue weighted by atomic mass is 16.5. The van der Waals surface area contributed by atoms with E-state index in [2.05, 4.69) is 39.5 Å². The normalized spacial score (nSPS) is 15.6. The van der Waals surface area contributed by atoms with E-state index >= 15 is 0 Å². The number of pyridine rings is 1. The maximum absolute atomic E-state index is 5.36. The van der Waals surface area contributed by atoms with Crippen LogP contribution in [0.15, 0.2) is 48.7 Å². The molecule has 0 aliphatic carbocycles. The fourth-order valence-electron chi connectivity index (χ4n) is 2.64. The van der Waals surface area contributed by atoms with Crippen molar-refractivity contribution in [2.24, 2.45) is 0 Å². The lowest BCUT2D eigenvalue weighted by Gasteiger charge is -2.26. The van der Waals surface area contributed by atoms with Crippen molar-refractivity contribution in [1.29, 1.82) is 0 Å². The molecule has 1 fully saturated rings. The summed E-state index contributed by atoms with van der Waals surface area (Å²) in [5, 5.41) is 3.39. The SMILES string of the molecule is c1ccc(-c2ccc(NCCCN3CCOCC3)nc2)cc1.